The average molecular weight is 531 g/mol. The maximum atomic E-state index is 12.8. The molecule has 1 aromatic rings. The molecule has 0 bridgehead atoms. The second-order valence-corrected chi connectivity index (χ2v) is 10.9. The van der Waals surface area contributed by atoms with E-state index < -0.39 is 0 Å². The first kappa shape index (κ1) is 34.1. The monoisotopic (exact) mass is 530 g/mol. The molecule has 2 N–H and O–H groups in total. The van der Waals surface area contributed by atoms with Crippen LogP contribution in [0.25, 0.3) is 0 Å². The Kier molecular flexibility index (Phi) is 20.7. The van der Waals surface area contributed by atoms with Gasteiger partial charge in [-0.2, -0.15) is 0 Å². The average Bonchev–Trinajstić information content (AvgIpc) is 2.92. The highest BCUT2D eigenvalue weighted by Crippen LogP contribution is 2.10. The molecule has 0 aromatic heterocycles. The molecular formula is C32H58N4O2. The predicted molar refractivity (Wildman–Crippen MR) is 162 cm³/mol. The molecule has 0 fully saturated rings. The van der Waals surface area contributed by atoms with Crippen molar-refractivity contribution in [2.75, 3.05) is 53.4 Å². The maximum absolute atomic E-state index is 12.8. The zero-order valence-electron chi connectivity index (χ0n) is 25.2. The van der Waals surface area contributed by atoms with Crippen LogP contribution in [0, 0.1) is 0 Å². The summed E-state index contributed by atoms with van der Waals surface area (Å²) in [6, 6.07) is 7.10. The molecule has 0 atom stereocenters. The molecular weight excluding hydrogens is 472 g/mol. The second kappa shape index (κ2) is 23.0. The van der Waals surface area contributed by atoms with E-state index in [1.165, 1.54) is 89.9 Å². The molecule has 38 heavy (non-hydrogen) atoms. The molecule has 218 valence electrons. The van der Waals surface area contributed by atoms with E-state index in [0.29, 0.717) is 24.2 Å². The van der Waals surface area contributed by atoms with Gasteiger partial charge in [0.25, 0.3) is 11.8 Å². The number of hydrogen-bond donors (Lipinski definition) is 2. The van der Waals surface area contributed by atoms with Crippen LogP contribution in [-0.4, -0.2) is 75.0 Å². The van der Waals surface area contributed by atoms with E-state index in [1.54, 1.807) is 12.1 Å². The van der Waals surface area contributed by atoms with Crippen LogP contribution in [0.2, 0.25) is 0 Å². The van der Waals surface area contributed by atoms with Crippen LogP contribution in [0.4, 0.5) is 0 Å². The minimum atomic E-state index is -0.184. The van der Waals surface area contributed by atoms with Gasteiger partial charge in [-0.05, 0) is 52.2 Å². The smallest absolute Gasteiger partial charge is 0.252 e. The molecule has 0 heterocycles. The molecule has 0 saturated heterocycles. The van der Waals surface area contributed by atoms with E-state index in [-0.39, 0.29) is 11.8 Å². The largest absolute Gasteiger partial charge is 0.351 e. The van der Waals surface area contributed by atoms with E-state index in [4.69, 9.17) is 0 Å². The number of unbranched alkanes of at least 4 members (excludes halogenated alkanes) is 12. The summed E-state index contributed by atoms with van der Waals surface area (Å²) in [5, 5.41) is 6.00. The third kappa shape index (κ3) is 16.8. The highest BCUT2D eigenvalue weighted by Gasteiger charge is 2.16. The molecule has 0 saturated carbocycles. The van der Waals surface area contributed by atoms with Crippen molar-refractivity contribution in [3.63, 3.8) is 0 Å². The summed E-state index contributed by atoms with van der Waals surface area (Å²) in [5.74, 6) is -0.368. The fourth-order valence-corrected chi connectivity index (χ4v) is 4.69. The normalized spacial score (nSPS) is 11.3. The molecule has 1 rings (SSSR count). The molecule has 0 unspecified atom stereocenters. The zero-order valence-corrected chi connectivity index (χ0v) is 25.2. The summed E-state index contributed by atoms with van der Waals surface area (Å²) in [6.45, 7) is 9.37. The lowest BCUT2D eigenvalue weighted by Crippen LogP contribution is -2.36. The Labute approximate surface area is 234 Å². The van der Waals surface area contributed by atoms with Crippen molar-refractivity contribution in [1.82, 2.24) is 20.4 Å². The number of rotatable bonds is 24. The Morgan fingerprint density at radius 3 is 1.26 bits per heavy atom. The number of nitrogens with zero attached hydrogens (tertiary/aromatic N) is 2. The number of carbonyl (C=O) groups is 2. The van der Waals surface area contributed by atoms with Gasteiger partial charge in [0.05, 0.1) is 11.1 Å². The van der Waals surface area contributed by atoms with Crippen LogP contribution in [0.3, 0.4) is 0 Å². The summed E-state index contributed by atoms with van der Waals surface area (Å²) in [7, 11) is 4.21. The van der Waals surface area contributed by atoms with Crippen LogP contribution in [-0.2, 0) is 0 Å². The fraction of sp³-hybridized carbons (Fsp3) is 0.750. The standard InChI is InChI=1S/C32H58N4O2/c1-5-7-9-11-13-15-19-25-35(3)27-23-33-31(37)29-21-17-18-22-30(29)32(38)34-24-28-36(4)26-20-16-14-12-10-8-6-2/h17-18,21-22H,5-16,19-20,23-28H2,1-4H3,(H,33,37)(H,34,38). The number of amides is 2. The first-order chi connectivity index (χ1) is 18.5. The zero-order chi connectivity index (χ0) is 27.8. The van der Waals surface area contributed by atoms with Gasteiger partial charge in [0, 0.05) is 26.2 Å². The molecule has 6 heteroatoms. The van der Waals surface area contributed by atoms with Gasteiger partial charge >= 0.3 is 0 Å². The van der Waals surface area contributed by atoms with Crippen molar-refractivity contribution in [3.8, 4) is 0 Å². The van der Waals surface area contributed by atoms with Crippen molar-refractivity contribution in [3.05, 3.63) is 35.4 Å². The molecule has 2 amide bonds. The van der Waals surface area contributed by atoms with Gasteiger partial charge in [0.2, 0.25) is 0 Å². The highest BCUT2D eigenvalue weighted by molar-refractivity contribution is 6.07. The van der Waals surface area contributed by atoms with Crippen LogP contribution in [0.1, 0.15) is 124 Å². The van der Waals surface area contributed by atoms with Crippen molar-refractivity contribution >= 4 is 11.8 Å². The fourth-order valence-electron chi connectivity index (χ4n) is 4.69. The number of nitrogens with one attached hydrogen (secondary N) is 2. The molecule has 1 aromatic carbocycles. The van der Waals surface area contributed by atoms with E-state index in [2.05, 4.69) is 48.4 Å². The summed E-state index contributed by atoms with van der Waals surface area (Å²) in [4.78, 5) is 30.2. The lowest BCUT2D eigenvalue weighted by atomic mass is 10.1. The third-order valence-electron chi connectivity index (χ3n) is 7.26. The number of likely N-dealkylation sites (N-methyl/N-ethyl adjacent to an activating group) is 2. The number of hydrogen-bond acceptors (Lipinski definition) is 4. The maximum Gasteiger partial charge on any atom is 0.252 e. The Balaban J connectivity index is 2.28. The van der Waals surface area contributed by atoms with Gasteiger partial charge in [-0.25, -0.2) is 0 Å². The summed E-state index contributed by atoms with van der Waals surface area (Å²) < 4.78 is 0. The first-order valence-corrected chi connectivity index (χ1v) is 15.5. The quantitative estimate of drug-likeness (QED) is 0.150. The van der Waals surface area contributed by atoms with Gasteiger partial charge in [-0.15, -0.1) is 0 Å². The molecule has 0 radical (unpaired) electrons. The molecule has 0 aliphatic rings. The number of carbonyl (C=O) groups excluding carboxylic acids is 2. The van der Waals surface area contributed by atoms with E-state index in [0.717, 1.165) is 26.2 Å². The minimum Gasteiger partial charge on any atom is -0.351 e. The summed E-state index contributed by atoms with van der Waals surface area (Å²) in [5.41, 5.74) is 0.882. The van der Waals surface area contributed by atoms with E-state index in [1.807, 2.05) is 12.1 Å². The van der Waals surface area contributed by atoms with Gasteiger partial charge in [-0.1, -0.05) is 103 Å². The second-order valence-electron chi connectivity index (χ2n) is 10.9. The first-order valence-electron chi connectivity index (χ1n) is 15.5. The Hall–Kier alpha value is -1.92. The van der Waals surface area contributed by atoms with Gasteiger partial charge in [-0.3, -0.25) is 9.59 Å². The van der Waals surface area contributed by atoms with E-state index >= 15 is 0 Å². The van der Waals surface area contributed by atoms with E-state index in [9.17, 15) is 9.59 Å². The molecule has 0 aliphatic heterocycles. The van der Waals surface area contributed by atoms with Crippen molar-refractivity contribution < 1.29 is 9.59 Å². The molecule has 0 spiro atoms. The van der Waals surface area contributed by atoms with Crippen molar-refractivity contribution in [2.24, 2.45) is 0 Å². The Morgan fingerprint density at radius 1 is 0.553 bits per heavy atom. The van der Waals surface area contributed by atoms with Crippen LogP contribution in [0.15, 0.2) is 24.3 Å². The molecule has 6 nitrogen and oxygen atoms in total. The van der Waals surface area contributed by atoms with Crippen molar-refractivity contribution in [2.45, 2.75) is 104 Å². The highest BCUT2D eigenvalue weighted by atomic mass is 16.2. The topological polar surface area (TPSA) is 64.7 Å². The van der Waals surface area contributed by atoms with Crippen molar-refractivity contribution in [1.29, 1.82) is 0 Å². The Morgan fingerprint density at radius 2 is 0.895 bits per heavy atom. The number of benzene rings is 1. The summed E-state index contributed by atoms with van der Waals surface area (Å²) in [6.07, 6.45) is 18.3. The van der Waals surface area contributed by atoms with Gasteiger partial charge in [0.1, 0.15) is 0 Å². The van der Waals surface area contributed by atoms with Crippen LogP contribution < -0.4 is 10.6 Å². The van der Waals surface area contributed by atoms with Crippen LogP contribution in [0.5, 0.6) is 0 Å². The lowest BCUT2D eigenvalue weighted by molar-refractivity contribution is 0.0915. The molecule has 0 aliphatic carbocycles. The van der Waals surface area contributed by atoms with Gasteiger partial charge < -0.3 is 20.4 Å². The minimum absolute atomic E-state index is 0.184. The third-order valence-corrected chi connectivity index (χ3v) is 7.26. The Bertz CT molecular complexity index is 679. The lowest BCUT2D eigenvalue weighted by Gasteiger charge is -2.18. The predicted octanol–water partition coefficient (Wildman–Crippen LogP) is 6.51. The van der Waals surface area contributed by atoms with Gasteiger partial charge in [0.15, 0.2) is 0 Å². The SMILES string of the molecule is CCCCCCCCCN(C)CCNC(=O)c1ccccc1C(=O)NCCN(C)CCCCCCCCC. The summed E-state index contributed by atoms with van der Waals surface area (Å²) >= 11 is 0. The van der Waals surface area contributed by atoms with Crippen LogP contribution >= 0.6 is 0 Å².